The van der Waals surface area contributed by atoms with Gasteiger partial charge in [0.2, 0.25) is 5.88 Å². The largest absolute Gasteiger partial charge is 0.480 e. The molecule has 5 fully saturated rings. The Kier molecular flexibility index (Phi) is 9.88. The zero-order chi connectivity index (χ0) is 38.0. The van der Waals surface area contributed by atoms with Gasteiger partial charge in [-0.05, 0) is 88.4 Å². The fourth-order valence-electron chi connectivity index (χ4n) is 10.2. The Morgan fingerprint density at radius 1 is 1.13 bits per heavy atom. The van der Waals surface area contributed by atoms with Gasteiger partial charge in [-0.25, -0.2) is 9.37 Å². The Labute approximate surface area is 319 Å². The lowest BCUT2D eigenvalue weighted by Crippen LogP contribution is -2.65. The van der Waals surface area contributed by atoms with Gasteiger partial charge >= 0.3 is 6.01 Å². The maximum Gasteiger partial charge on any atom is 0.319 e. The van der Waals surface area contributed by atoms with Crippen LogP contribution in [0.5, 0.6) is 11.9 Å². The normalized spacial score (nSPS) is 31.0. The highest BCUT2D eigenvalue weighted by atomic mass is 32.2. The molecule has 2 N–H and O–H groups in total. The van der Waals surface area contributed by atoms with Crippen LogP contribution in [0, 0.1) is 30.5 Å². The molecule has 3 saturated heterocycles. The minimum absolute atomic E-state index is 0.0484. The number of hydrogen-bond donors (Lipinski definition) is 2. The van der Waals surface area contributed by atoms with Crippen molar-refractivity contribution in [1.82, 2.24) is 30.0 Å². The zero-order valence-electron chi connectivity index (χ0n) is 32.5. The van der Waals surface area contributed by atoms with E-state index in [4.69, 9.17) is 29.2 Å². The Hall–Kier alpha value is -3.46. The van der Waals surface area contributed by atoms with Crippen molar-refractivity contribution in [2.75, 3.05) is 63.0 Å². The summed E-state index contributed by atoms with van der Waals surface area (Å²) in [4.78, 5) is 19.2. The van der Waals surface area contributed by atoms with Crippen LogP contribution in [0.2, 0.25) is 0 Å². The Morgan fingerprint density at radius 3 is 2.67 bits per heavy atom. The first-order valence-electron chi connectivity index (χ1n) is 19.7. The third kappa shape index (κ3) is 6.34. The number of β-amino-alcohol motifs (C(OH)–C–C–N with tert-alkyl or cyclic N) is 1. The van der Waals surface area contributed by atoms with Gasteiger partial charge in [0.25, 0.3) is 0 Å². The molecule has 1 spiro atoms. The van der Waals surface area contributed by atoms with Crippen molar-refractivity contribution in [2.24, 2.45) is 10.8 Å². The van der Waals surface area contributed by atoms with Gasteiger partial charge in [-0.1, -0.05) is 20.3 Å². The number of rotatable bonds is 7. The fourth-order valence-corrected chi connectivity index (χ4v) is 11.9. The van der Waals surface area contributed by atoms with Crippen LogP contribution in [0.1, 0.15) is 76.8 Å². The van der Waals surface area contributed by atoms with Crippen molar-refractivity contribution < 1.29 is 27.9 Å². The number of halogens is 1. The zero-order valence-corrected chi connectivity index (χ0v) is 33.3. The molecule has 2 saturated carbocycles. The summed E-state index contributed by atoms with van der Waals surface area (Å²) >= 11 is 0. The van der Waals surface area contributed by atoms with Crippen LogP contribution in [-0.2, 0) is 15.5 Å². The van der Waals surface area contributed by atoms with Crippen LogP contribution in [0.25, 0.3) is 33.1 Å². The van der Waals surface area contributed by atoms with Crippen molar-refractivity contribution in [3.05, 3.63) is 29.2 Å². The fraction of sp³-hybridized carbons (Fsp3) is 0.650. The number of aromatic amines is 1. The maximum atomic E-state index is 17.3. The van der Waals surface area contributed by atoms with E-state index in [9.17, 15) is 9.32 Å². The summed E-state index contributed by atoms with van der Waals surface area (Å²) < 4.78 is 47.5. The van der Waals surface area contributed by atoms with Crippen LogP contribution in [0.3, 0.4) is 0 Å². The quantitative estimate of drug-likeness (QED) is 0.234. The summed E-state index contributed by atoms with van der Waals surface area (Å²) in [6.07, 6.45) is 9.48. The average Bonchev–Trinajstić information content (AvgIpc) is 3.74. The molecule has 6 heterocycles. The van der Waals surface area contributed by atoms with Crippen molar-refractivity contribution in [1.29, 1.82) is 0 Å². The molecule has 0 radical (unpaired) electrons. The lowest BCUT2D eigenvalue weighted by atomic mass is 9.64. The Bertz CT molecular complexity index is 2080. The lowest BCUT2D eigenvalue weighted by Gasteiger charge is -2.60. The first-order valence-corrected chi connectivity index (χ1v) is 21.2. The SMILES string of the molecule is CC.COc1nc(-c2c(C)c(C)cc3[nH]ncc23)c(F)c2nc(OCC34CCCC3N(C3CC5(C3)CS(=O)C5)CCC4)nc(N3CCOCC(C)(O)C3)c12. The third-order valence-electron chi connectivity index (χ3n) is 12.7. The van der Waals surface area contributed by atoms with Crippen LogP contribution in [0.15, 0.2) is 12.3 Å². The van der Waals surface area contributed by atoms with Crippen LogP contribution < -0.4 is 14.4 Å². The van der Waals surface area contributed by atoms with E-state index in [0.717, 1.165) is 85.0 Å². The standard InChI is InChI=1S/C38H48FN7O5S.C2H6/c1-22-13-26-25(16-40-44-26)28(23(22)2)31-30(39)32-29(34(41-31)49-4)33(45-11-12-50-18-36(3,47)17-45)43-35(42-32)51-19-38-8-5-7-27(38)46(10-6-9-38)24-14-37(15-24)20-52(48)21-37;1-2/h13,16,24,27,47H,5-12,14-15,17-21H2,1-4H3,(H,40,44);1-2H3. The van der Waals surface area contributed by atoms with Gasteiger partial charge in [-0.3, -0.25) is 14.2 Å². The number of piperidine rings is 1. The van der Waals surface area contributed by atoms with Gasteiger partial charge in [-0.15, -0.1) is 0 Å². The van der Waals surface area contributed by atoms with E-state index in [2.05, 4.69) is 15.1 Å². The molecule has 12 nitrogen and oxygen atoms in total. The van der Waals surface area contributed by atoms with E-state index in [1.54, 1.807) is 13.1 Å². The number of H-pyrrole nitrogens is 1. The summed E-state index contributed by atoms with van der Waals surface area (Å²) in [6.45, 7) is 12.3. The molecule has 3 unspecified atom stereocenters. The van der Waals surface area contributed by atoms with E-state index in [1.165, 1.54) is 7.11 Å². The number of nitrogens with one attached hydrogen (secondary N) is 1. The first kappa shape index (κ1) is 37.5. The number of fused-ring (bicyclic) bond motifs is 3. The third-order valence-corrected chi connectivity index (χ3v) is 14.6. The molecular formula is C40H54FN7O5S. The molecule has 14 heteroatoms. The number of benzene rings is 1. The van der Waals surface area contributed by atoms with Crippen molar-refractivity contribution in [3.8, 4) is 23.1 Å². The van der Waals surface area contributed by atoms with Crippen molar-refractivity contribution >= 4 is 38.4 Å². The second-order valence-electron chi connectivity index (χ2n) is 16.5. The van der Waals surface area contributed by atoms with Gasteiger partial charge < -0.3 is 24.2 Å². The highest BCUT2D eigenvalue weighted by Gasteiger charge is 2.58. The number of methoxy groups -OCH3 is 1. The topological polar surface area (TPSA) is 139 Å². The number of hydrogen-bond acceptors (Lipinski definition) is 11. The molecular weight excluding hydrogens is 710 g/mol. The maximum absolute atomic E-state index is 17.3. The molecule has 3 atom stereocenters. The monoisotopic (exact) mass is 763 g/mol. The van der Waals surface area contributed by atoms with Gasteiger partial charge in [0.05, 0.1) is 45.2 Å². The number of aromatic nitrogens is 5. The molecule has 54 heavy (non-hydrogen) atoms. The van der Waals surface area contributed by atoms with Crippen molar-refractivity contribution in [2.45, 2.75) is 97.2 Å². The van der Waals surface area contributed by atoms with Gasteiger partial charge in [0.1, 0.15) is 28.0 Å². The number of nitrogens with zero attached hydrogens (tertiary/aromatic N) is 6. The first-order chi connectivity index (χ1) is 26.0. The van der Waals surface area contributed by atoms with Gasteiger partial charge in [0, 0.05) is 57.3 Å². The van der Waals surface area contributed by atoms with Gasteiger partial charge in [0.15, 0.2) is 5.82 Å². The molecule has 292 valence electrons. The summed E-state index contributed by atoms with van der Waals surface area (Å²) in [5.74, 6) is 1.70. The molecule has 3 aromatic heterocycles. The number of anilines is 1. The van der Waals surface area contributed by atoms with E-state index >= 15 is 4.39 Å². The molecule has 0 amide bonds. The van der Waals surface area contributed by atoms with E-state index in [1.807, 2.05) is 38.7 Å². The van der Waals surface area contributed by atoms with Gasteiger partial charge in [-0.2, -0.15) is 15.1 Å². The molecule has 9 rings (SSSR count). The summed E-state index contributed by atoms with van der Waals surface area (Å²) in [5.41, 5.74) is 2.50. The predicted octanol–water partition coefficient (Wildman–Crippen LogP) is 5.87. The Morgan fingerprint density at radius 2 is 1.91 bits per heavy atom. The highest BCUT2D eigenvalue weighted by Crippen LogP contribution is 2.55. The minimum atomic E-state index is -1.17. The van der Waals surface area contributed by atoms with E-state index < -0.39 is 22.2 Å². The average molecular weight is 764 g/mol. The smallest absolute Gasteiger partial charge is 0.319 e. The summed E-state index contributed by atoms with van der Waals surface area (Å²) in [5, 5.41) is 19.5. The lowest BCUT2D eigenvalue weighted by molar-refractivity contribution is -0.0719. The van der Waals surface area contributed by atoms with Crippen LogP contribution in [-0.4, -0.2) is 115 Å². The molecule has 4 aromatic rings. The van der Waals surface area contributed by atoms with E-state index in [0.29, 0.717) is 54.0 Å². The number of likely N-dealkylation sites (tertiary alicyclic amines) is 1. The number of aryl methyl sites for hydroxylation is 1. The molecule has 3 aliphatic heterocycles. The molecule has 0 bridgehead atoms. The molecule has 1 aromatic carbocycles. The number of aliphatic hydroxyl groups is 1. The highest BCUT2D eigenvalue weighted by molar-refractivity contribution is 7.86. The van der Waals surface area contributed by atoms with E-state index in [-0.39, 0.29) is 41.7 Å². The van der Waals surface area contributed by atoms with Crippen LogP contribution in [0.4, 0.5) is 10.2 Å². The number of pyridine rings is 1. The van der Waals surface area contributed by atoms with Crippen LogP contribution >= 0.6 is 0 Å². The second-order valence-corrected chi connectivity index (χ2v) is 18.0. The minimum Gasteiger partial charge on any atom is -0.480 e. The molecule has 5 aliphatic rings. The number of ether oxygens (including phenoxy) is 3. The second kappa shape index (κ2) is 14.2. The van der Waals surface area contributed by atoms with Crippen molar-refractivity contribution in [3.63, 3.8) is 0 Å². The predicted molar refractivity (Wildman–Crippen MR) is 208 cm³/mol. The summed E-state index contributed by atoms with van der Waals surface area (Å²) in [6, 6.07) is 3.04. The molecule has 2 aliphatic carbocycles. The Balaban J connectivity index is 0.00000203. The summed E-state index contributed by atoms with van der Waals surface area (Å²) in [7, 11) is 0.882.